The maximum atomic E-state index is 11.1. The molecule has 94 valence electrons. The first-order chi connectivity index (χ1) is 7.57. The van der Waals surface area contributed by atoms with Crippen LogP contribution in [0.4, 0.5) is 4.79 Å². The van der Waals surface area contributed by atoms with E-state index in [1.54, 1.807) is 6.92 Å². The number of hydrogen-bond donors (Lipinski definition) is 2. The monoisotopic (exact) mass is 229 g/mol. The lowest BCUT2D eigenvalue weighted by Gasteiger charge is -2.40. The van der Waals surface area contributed by atoms with Crippen LogP contribution in [-0.4, -0.2) is 39.9 Å². The van der Waals surface area contributed by atoms with Crippen molar-refractivity contribution in [2.24, 2.45) is 5.92 Å². The van der Waals surface area contributed by atoms with Crippen molar-refractivity contribution in [3.63, 3.8) is 0 Å². The van der Waals surface area contributed by atoms with E-state index in [4.69, 9.17) is 5.11 Å². The Bertz CT molecular complexity index is 230. The van der Waals surface area contributed by atoms with Gasteiger partial charge in [0.25, 0.3) is 0 Å². The highest BCUT2D eigenvalue weighted by Gasteiger charge is 2.34. The molecule has 2 N–H and O–H groups in total. The van der Waals surface area contributed by atoms with E-state index in [2.05, 4.69) is 6.92 Å². The van der Waals surface area contributed by atoms with Crippen molar-refractivity contribution >= 4 is 6.09 Å². The van der Waals surface area contributed by atoms with E-state index in [1.165, 1.54) is 4.90 Å². The van der Waals surface area contributed by atoms with Crippen LogP contribution >= 0.6 is 0 Å². The maximum absolute atomic E-state index is 11.1. The Morgan fingerprint density at radius 2 is 2.19 bits per heavy atom. The van der Waals surface area contributed by atoms with Crippen molar-refractivity contribution < 1.29 is 15.0 Å². The van der Waals surface area contributed by atoms with Gasteiger partial charge in [-0.1, -0.05) is 13.3 Å². The van der Waals surface area contributed by atoms with Crippen LogP contribution in [-0.2, 0) is 0 Å². The molecule has 1 aliphatic heterocycles. The topological polar surface area (TPSA) is 60.8 Å². The lowest BCUT2D eigenvalue weighted by atomic mass is 9.84. The summed E-state index contributed by atoms with van der Waals surface area (Å²) in [6.45, 7) is 4.46. The standard InChI is InChI=1S/C12H23NO3/c1-3-6-10(9(2)14)11-7-4-5-8-13(11)12(15)16/h9-11,14H,3-8H2,1-2H3,(H,15,16). The molecular formula is C12H23NO3. The van der Waals surface area contributed by atoms with Gasteiger partial charge in [0.2, 0.25) is 0 Å². The lowest BCUT2D eigenvalue weighted by molar-refractivity contribution is 0.0261. The molecule has 0 aliphatic carbocycles. The van der Waals surface area contributed by atoms with Gasteiger partial charge in [0.1, 0.15) is 0 Å². The summed E-state index contributed by atoms with van der Waals surface area (Å²) < 4.78 is 0. The van der Waals surface area contributed by atoms with Crippen LogP contribution in [0.1, 0.15) is 46.0 Å². The SMILES string of the molecule is CCCC(C(C)O)C1CCCCN1C(=O)O. The first-order valence-electron chi connectivity index (χ1n) is 6.25. The highest BCUT2D eigenvalue weighted by Crippen LogP contribution is 2.28. The number of carboxylic acid groups (broad SMARTS) is 1. The fourth-order valence-corrected chi connectivity index (χ4v) is 2.73. The number of aliphatic hydroxyl groups excluding tert-OH is 1. The number of likely N-dealkylation sites (tertiary alicyclic amines) is 1. The van der Waals surface area contributed by atoms with Crippen LogP contribution in [0.3, 0.4) is 0 Å². The fraction of sp³-hybridized carbons (Fsp3) is 0.917. The molecule has 1 saturated heterocycles. The Balaban J connectivity index is 2.74. The van der Waals surface area contributed by atoms with E-state index >= 15 is 0 Å². The third-order valence-corrected chi connectivity index (χ3v) is 3.53. The van der Waals surface area contributed by atoms with Gasteiger partial charge in [-0.2, -0.15) is 0 Å². The first-order valence-corrected chi connectivity index (χ1v) is 6.25. The molecule has 1 heterocycles. The Kier molecular flexibility index (Phi) is 5.06. The van der Waals surface area contributed by atoms with Crippen molar-refractivity contribution in [2.75, 3.05) is 6.54 Å². The summed E-state index contributed by atoms with van der Waals surface area (Å²) in [5.41, 5.74) is 0. The molecule has 0 aromatic carbocycles. The van der Waals surface area contributed by atoms with Crippen molar-refractivity contribution in [1.82, 2.24) is 4.90 Å². The summed E-state index contributed by atoms with van der Waals surface area (Å²) in [7, 11) is 0. The highest BCUT2D eigenvalue weighted by atomic mass is 16.4. The van der Waals surface area contributed by atoms with Gasteiger partial charge < -0.3 is 15.1 Å². The zero-order valence-electron chi connectivity index (χ0n) is 10.2. The summed E-state index contributed by atoms with van der Waals surface area (Å²) in [6, 6.07) is 0.00574. The molecule has 0 aromatic heterocycles. The quantitative estimate of drug-likeness (QED) is 0.777. The number of aliphatic hydroxyl groups is 1. The molecule has 4 heteroatoms. The summed E-state index contributed by atoms with van der Waals surface area (Å²) >= 11 is 0. The van der Waals surface area contributed by atoms with E-state index in [9.17, 15) is 9.90 Å². The Morgan fingerprint density at radius 1 is 1.50 bits per heavy atom. The van der Waals surface area contributed by atoms with Crippen molar-refractivity contribution in [3.8, 4) is 0 Å². The zero-order valence-corrected chi connectivity index (χ0v) is 10.2. The Labute approximate surface area is 97.3 Å². The van der Waals surface area contributed by atoms with E-state index < -0.39 is 12.2 Å². The van der Waals surface area contributed by atoms with Crippen LogP contribution < -0.4 is 0 Å². The third kappa shape index (κ3) is 3.11. The van der Waals surface area contributed by atoms with Crippen LogP contribution in [0.5, 0.6) is 0 Å². The average molecular weight is 229 g/mol. The van der Waals surface area contributed by atoms with Crippen LogP contribution in [0.2, 0.25) is 0 Å². The minimum Gasteiger partial charge on any atom is -0.465 e. The molecule has 0 saturated carbocycles. The van der Waals surface area contributed by atoms with Gasteiger partial charge in [-0.3, -0.25) is 0 Å². The molecule has 1 fully saturated rings. The van der Waals surface area contributed by atoms with Gasteiger partial charge in [-0.15, -0.1) is 0 Å². The van der Waals surface area contributed by atoms with Crippen molar-refractivity contribution in [1.29, 1.82) is 0 Å². The maximum Gasteiger partial charge on any atom is 0.407 e. The highest BCUT2D eigenvalue weighted by molar-refractivity contribution is 5.65. The van der Waals surface area contributed by atoms with Gasteiger partial charge in [0.05, 0.1) is 6.10 Å². The molecule has 0 bridgehead atoms. The number of amides is 1. The summed E-state index contributed by atoms with van der Waals surface area (Å²) in [6.07, 6.45) is 3.52. The second kappa shape index (κ2) is 6.09. The largest absolute Gasteiger partial charge is 0.465 e. The molecule has 0 radical (unpaired) electrons. The van der Waals surface area contributed by atoms with Gasteiger partial charge in [0.15, 0.2) is 0 Å². The first kappa shape index (κ1) is 13.3. The normalized spacial score (nSPS) is 25.2. The number of piperidine rings is 1. The zero-order chi connectivity index (χ0) is 12.1. The lowest BCUT2D eigenvalue weighted by Crippen LogP contribution is -2.49. The van der Waals surface area contributed by atoms with Gasteiger partial charge >= 0.3 is 6.09 Å². The number of nitrogens with zero attached hydrogens (tertiary/aromatic N) is 1. The predicted octanol–water partition coefficient (Wildman–Crippen LogP) is 2.32. The molecule has 0 spiro atoms. The molecule has 3 atom stereocenters. The van der Waals surface area contributed by atoms with E-state index in [1.807, 2.05) is 0 Å². The smallest absolute Gasteiger partial charge is 0.407 e. The summed E-state index contributed by atoms with van der Waals surface area (Å²) in [4.78, 5) is 12.7. The predicted molar refractivity (Wildman–Crippen MR) is 62.4 cm³/mol. The van der Waals surface area contributed by atoms with Crippen molar-refractivity contribution in [3.05, 3.63) is 0 Å². The van der Waals surface area contributed by atoms with Crippen LogP contribution in [0.25, 0.3) is 0 Å². The Hall–Kier alpha value is -0.770. The molecule has 4 nitrogen and oxygen atoms in total. The molecule has 1 rings (SSSR count). The molecule has 16 heavy (non-hydrogen) atoms. The van der Waals surface area contributed by atoms with Crippen LogP contribution in [0, 0.1) is 5.92 Å². The van der Waals surface area contributed by atoms with E-state index in [-0.39, 0.29) is 12.0 Å². The molecule has 0 aromatic rings. The minimum atomic E-state index is -0.841. The molecular weight excluding hydrogens is 206 g/mol. The van der Waals surface area contributed by atoms with Gasteiger partial charge in [-0.05, 0) is 32.6 Å². The number of hydrogen-bond acceptors (Lipinski definition) is 2. The van der Waals surface area contributed by atoms with Gasteiger partial charge in [-0.25, -0.2) is 4.79 Å². The number of carbonyl (C=O) groups is 1. The Morgan fingerprint density at radius 3 is 2.69 bits per heavy atom. The van der Waals surface area contributed by atoms with Crippen molar-refractivity contribution in [2.45, 2.75) is 58.1 Å². The molecule has 1 aliphatic rings. The minimum absolute atomic E-state index is 0.00574. The summed E-state index contributed by atoms with van der Waals surface area (Å²) in [5, 5.41) is 18.9. The molecule has 3 unspecified atom stereocenters. The van der Waals surface area contributed by atoms with Crippen LogP contribution in [0.15, 0.2) is 0 Å². The number of rotatable bonds is 4. The molecule has 1 amide bonds. The third-order valence-electron chi connectivity index (χ3n) is 3.53. The second-order valence-corrected chi connectivity index (χ2v) is 4.73. The second-order valence-electron chi connectivity index (χ2n) is 4.73. The van der Waals surface area contributed by atoms with E-state index in [0.717, 1.165) is 32.1 Å². The van der Waals surface area contributed by atoms with E-state index in [0.29, 0.717) is 6.54 Å². The average Bonchev–Trinajstić information content (AvgIpc) is 2.25. The van der Waals surface area contributed by atoms with Gasteiger partial charge in [0, 0.05) is 18.5 Å². The fourth-order valence-electron chi connectivity index (χ4n) is 2.73. The summed E-state index contributed by atoms with van der Waals surface area (Å²) in [5.74, 6) is 0.0846.